The van der Waals surface area contributed by atoms with Gasteiger partial charge in [0, 0.05) is 27.2 Å². The van der Waals surface area contributed by atoms with Crippen molar-refractivity contribution < 1.29 is 32.2 Å². The van der Waals surface area contributed by atoms with Gasteiger partial charge in [0.25, 0.3) is 0 Å². The van der Waals surface area contributed by atoms with Crippen LogP contribution in [0.5, 0.6) is 11.5 Å². The first kappa shape index (κ1) is 32.9. The van der Waals surface area contributed by atoms with Gasteiger partial charge in [-0.25, -0.2) is 9.78 Å². The third kappa shape index (κ3) is 9.76. The normalized spacial score (nSPS) is 11.0. The molecule has 3 aromatic carbocycles. The molecule has 12 heteroatoms. The predicted molar refractivity (Wildman–Crippen MR) is 172 cm³/mol. The van der Waals surface area contributed by atoms with E-state index in [0.717, 1.165) is 41.0 Å². The van der Waals surface area contributed by atoms with Crippen molar-refractivity contribution >= 4 is 46.3 Å². The maximum atomic E-state index is 13.9. The van der Waals surface area contributed by atoms with Crippen LogP contribution in [0.25, 0.3) is 0 Å². The molecule has 45 heavy (non-hydrogen) atoms. The number of methoxy groups -OCH3 is 1. The van der Waals surface area contributed by atoms with E-state index in [1.165, 1.54) is 0 Å². The average Bonchev–Trinajstić information content (AvgIpc) is 3.04. The average molecular weight is 650 g/mol. The van der Waals surface area contributed by atoms with Crippen molar-refractivity contribution in [2.75, 3.05) is 24.4 Å². The summed E-state index contributed by atoms with van der Waals surface area (Å²) >= 11 is 6.30. The zero-order valence-electron chi connectivity index (χ0n) is 23.8. The molecule has 0 unspecified atom stereocenters. The molecule has 0 aliphatic carbocycles. The molecular weight excluding hydrogens is 624 g/mol. The van der Waals surface area contributed by atoms with E-state index < -0.39 is 17.8 Å². The van der Waals surface area contributed by atoms with Crippen LogP contribution in [0.4, 0.5) is 29.3 Å². The molecule has 0 spiro atoms. The number of carbonyl (C=O) groups is 1. The number of ether oxygens (including phenoxy) is 3. The molecule has 0 atom stereocenters. The number of thiocarbonyl (C=S) groups is 1. The third-order valence-electron chi connectivity index (χ3n) is 5.98. The Balaban J connectivity index is 1.38. The summed E-state index contributed by atoms with van der Waals surface area (Å²) < 4.78 is 57.5. The fourth-order valence-electron chi connectivity index (χ4n) is 3.77. The van der Waals surface area contributed by atoms with Crippen LogP contribution < -0.4 is 20.1 Å². The number of nitrogens with zero attached hydrogens (tertiary/aromatic N) is 1. The van der Waals surface area contributed by atoms with Crippen LogP contribution in [0.2, 0.25) is 0 Å². The van der Waals surface area contributed by atoms with E-state index in [0.29, 0.717) is 21.1 Å². The number of carbonyl (C=O) groups excluding carboxylic acids is 1. The lowest BCUT2D eigenvalue weighted by Crippen LogP contribution is -2.15. The Morgan fingerprint density at radius 1 is 1.04 bits per heavy atom. The van der Waals surface area contributed by atoms with Crippen molar-refractivity contribution in [2.45, 2.75) is 22.7 Å². The fourth-order valence-corrected chi connectivity index (χ4v) is 4.97. The summed E-state index contributed by atoms with van der Waals surface area (Å²) in [6, 6.07) is 22.4. The summed E-state index contributed by atoms with van der Waals surface area (Å²) in [4.78, 5) is 16.9. The Bertz CT molecular complexity index is 1700. The van der Waals surface area contributed by atoms with Gasteiger partial charge in [-0.05, 0) is 72.3 Å². The molecule has 0 aliphatic heterocycles. The highest BCUT2D eigenvalue weighted by Crippen LogP contribution is 2.40. The molecule has 0 fully saturated rings. The van der Waals surface area contributed by atoms with Gasteiger partial charge in [0.2, 0.25) is 0 Å². The minimum Gasteiger partial charge on any atom is -0.497 e. The summed E-state index contributed by atoms with van der Waals surface area (Å²) in [5.41, 5.74) is 1.16. The number of pyridine rings is 1. The van der Waals surface area contributed by atoms with Gasteiger partial charge in [-0.2, -0.15) is 13.2 Å². The smallest absolute Gasteiger partial charge is 0.419 e. The van der Waals surface area contributed by atoms with E-state index >= 15 is 0 Å². The molecular formula is C33H26F3N3O4S2. The number of halogens is 3. The van der Waals surface area contributed by atoms with Crippen molar-refractivity contribution in [3.05, 3.63) is 114 Å². The van der Waals surface area contributed by atoms with Crippen LogP contribution in [-0.2, 0) is 17.5 Å². The minimum atomic E-state index is -4.73. The summed E-state index contributed by atoms with van der Waals surface area (Å²) in [6.45, 7) is -0.217. The highest BCUT2D eigenvalue weighted by atomic mass is 32.2. The highest BCUT2D eigenvalue weighted by molar-refractivity contribution is 7.99. The lowest BCUT2D eigenvalue weighted by Gasteiger charge is -2.15. The second-order valence-corrected chi connectivity index (χ2v) is 10.5. The number of hydrogen-bond donors (Lipinski definition) is 2. The maximum absolute atomic E-state index is 13.9. The van der Waals surface area contributed by atoms with E-state index in [-0.39, 0.29) is 23.9 Å². The minimum absolute atomic E-state index is 0.105. The molecule has 0 aliphatic rings. The van der Waals surface area contributed by atoms with E-state index in [1.807, 2.05) is 36.4 Å². The third-order valence-corrected chi connectivity index (χ3v) is 7.49. The zero-order chi connectivity index (χ0) is 32.2. The summed E-state index contributed by atoms with van der Waals surface area (Å²) in [5.74, 6) is 3.42. The number of hydrogen-bond acceptors (Lipinski definition) is 8. The number of alkyl halides is 3. The molecule has 0 bridgehead atoms. The molecule has 0 saturated heterocycles. The number of amides is 1. The topological polar surface area (TPSA) is 81.7 Å². The monoisotopic (exact) mass is 649 g/mol. The van der Waals surface area contributed by atoms with E-state index in [9.17, 15) is 18.0 Å². The lowest BCUT2D eigenvalue weighted by atomic mass is 10.1. The second-order valence-electron chi connectivity index (χ2n) is 9.07. The molecule has 2 N–H and O–H groups in total. The van der Waals surface area contributed by atoms with E-state index in [2.05, 4.69) is 26.3 Å². The number of rotatable bonds is 12. The number of nitrogens with one attached hydrogen (secondary N) is 2. The molecule has 4 rings (SSSR count). The van der Waals surface area contributed by atoms with Gasteiger partial charge < -0.3 is 19.5 Å². The number of benzene rings is 3. The van der Waals surface area contributed by atoms with Gasteiger partial charge in [-0.1, -0.05) is 48.1 Å². The first-order valence-corrected chi connectivity index (χ1v) is 14.4. The van der Waals surface area contributed by atoms with Gasteiger partial charge in [-0.15, -0.1) is 6.42 Å². The summed E-state index contributed by atoms with van der Waals surface area (Å²) in [6.07, 6.45) is 3.95. The van der Waals surface area contributed by atoms with Crippen LogP contribution in [-0.4, -0.2) is 29.7 Å². The molecule has 1 aromatic heterocycles. The Kier molecular flexibility index (Phi) is 11.4. The van der Waals surface area contributed by atoms with Gasteiger partial charge in [-0.3, -0.25) is 5.32 Å². The lowest BCUT2D eigenvalue weighted by molar-refractivity contribution is -0.140. The van der Waals surface area contributed by atoms with Crippen LogP contribution in [0.3, 0.4) is 0 Å². The largest absolute Gasteiger partial charge is 0.497 e. The summed E-state index contributed by atoms with van der Waals surface area (Å²) in [7, 11) is 1.60. The van der Waals surface area contributed by atoms with E-state index in [4.69, 9.17) is 28.1 Å². The molecule has 1 heterocycles. The number of aromatic nitrogens is 1. The Morgan fingerprint density at radius 3 is 2.44 bits per heavy atom. The molecule has 4 aromatic rings. The van der Waals surface area contributed by atoms with Crippen molar-refractivity contribution in [2.24, 2.45) is 0 Å². The van der Waals surface area contributed by atoms with Crippen molar-refractivity contribution in [1.29, 1.82) is 0 Å². The van der Waals surface area contributed by atoms with Gasteiger partial charge in [0.1, 0.15) is 23.1 Å². The number of terminal acetylenes is 1. The molecule has 1 amide bonds. The van der Waals surface area contributed by atoms with Crippen LogP contribution >= 0.6 is 24.0 Å². The Labute approximate surface area is 267 Å². The van der Waals surface area contributed by atoms with Gasteiger partial charge >= 0.3 is 12.3 Å². The Hall–Kier alpha value is -4.99. The zero-order valence-corrected chi connectivity index (χ0v) is 25.4. The van der Waals surface area contributed by atoms with Crippen LogP contribution in [0.15, 0.2) is 107 Å². The first-order chi connectivity index (χ1) is 21.7. The Morgan fingerprint density at radius 2 is 1.76 bits per heavy atom. The van der Waals surface area contributed by atoms with Crippen molar-refractivity contribution in [1.82, 2.24) is 4.98 Å². The maximum Gasteiger partial charge on any atom is 0.419 e. The number of anilines is 2. The first-order valence-electron chi connectivity index (χ1n) is 13.2. The van der Waals surface area contributed by atoms with Gasteiger partial charge in [0.15, 0.2) is 6.61 Å². The molecule has 0 radical (unpaired) electrons. The second kappa shape index (κ2) is 15.7. The van der Waals surface area contributed by atoms with Crippen LogP contribution in [0.1, 0.15) is 16.7 Å². The summed E-state index contributed by atoms with van der Waals surface area (Å²) in [5, 5.41) is 5.07. The quantitative estimate of drug-likeness (QED) is 0.0686. The SMILES string of the molecule is C#CCOC(=O)Nc1cnc(Sc2ccccc2COc2ccc(N/C=C\C(=S)c3ccc(OC)cc3)cc2)c(C(F)(F)F)c1. The molecule has 230 valence electrons. The van der Waals surface area contributed by atoms with E-state index in [1.54, 1.807) is 55.8 Å². The van der Waals surface area contributed by atoms with Crippen LogP contribution in [0, 0.1) is 12.3 Å². The fraction of sp³-hybridized carbons (Fsp3) is 0.121. The van der Waals surface area contributed by atoms with Gasteiger partial charge in [0.05, 0.1) is 24.6 Å². The standard InChI is InChI=1S/C33H26F3N3O4S2/c1-3-18-42-32(40)39-25-19-28(33(34,35)36)31(38-20-25)45-30-7-5-4-6-23(30)21-43-27-14-10-24(11-15-27)37-17-16-29(44)22-8-12-26(41-2)13-9-22/h1,4-17,19-20,37H,18,21H2,2H3,(H,39,40)/b17-16-. The highest BCUT2D eigenvalue weighted by Gasteiger charge is 2.35. The molecule has 7 nitrogen and oxygen atoms in total. The predicted octanol–water partition coefficient (Wildman–Crippen LogP) is 8.36. The van der Waals surface area contributed by atoms with Crippen molar-refractivity contribution in [3.63, 3.8) is 0 Å². The number of allylic oxidation sites excluding steroid dienone is 1. The van der Waals surface area contributed by atoms with Crippen molar-refractivity contribution in [3.8, 4) is 23.8 Å². The molecule has 0 saturated carbocycles.